The van der Waals surface area contributed by atoms with Crippen LogP contribution in [0.15, 0.2) is 71.5 Å². The number of rotatable bonds is 6. The van der Waals surface area contributed by atoms with E-state index >= 15 is 0 Å². The number of amides is 1. The SMILES string of the molecule is O=C(COC(=O)Cc1cnn(-c2ccccc2)c1)Nc1ccccc1Br. The highest BCUT2D eigenvalue weighted by Gasteiger charge is 2.11. The van der Waals surface area contributed by atoms with Gasteiger partial charge < -0.3 is 10.1 Å². The van der Waals surface area contributed by atoms with E-state index in [1.807, 2.05) is 42.5 Å². The molecule has 3 rings (SSSR count). The Bertz CT molecular complexity index is 909. The Morgan fingerprint density at radius 3 is 2.58 bits per heavy atom. The van der Waals surface area contributed by atoms with Crippen molar-refractivity contribution in [1.82, 2.24) is 9.78 Å². The predicted molar refractivity (Wildman–Crippen MR) is 101 cm³/mol. The lowest BCUT2D eigenvalue weighted by Crippen LogP contribution is -2.21. The van der Waals surface area contributed by atoms with Gasteiger partial charge in [0.1, 0.15) is 0 Å². The molecule has 0 bridgehead atoms. The van der Waals surface area contributed by atoms with Gasteiger partial charge in [-0.3, -0.25) is 9.59 Å². The summed E-state index contributed by atoms with van der Waals surface area (Å²) in [7, 11) is 0. The van der Waals surface area contributed by atoms with Crippen LogP contribution in [-0.4, -0.2) is 28.3 Å². The minimum Gasteiger partial charge on any atom is -0.455 e. The van der Waals surface area contributed by atoms with Crippen molar-refractivity contribution in [1.29, 1.82) is 0 Å². The van der Waals surface area contributed by atoms with E-state index in [1.165, 1.54) is 0 Å². The minimum atomic E-state index is -0.486. The van der Waals surface area contributed by atoms with Crippen LogP contribution in [0.1, 0.15) is 5.56 Å². The molecular weight excluding hydrogens is 398 g/mol. The van der Waals surface area contributed by atoms with E-state index in [9.17, 15) is 9.59 Å². The Balaban J connectivity index is 1.49. The van der Waals surface area contributed by atoms with Gasteiger partial charge in [0, 0.05) is 16.2 Å². The van der Waals surface area contributed by atoms with E-state index in [-0.39, 0.29) is 13.0 Å². The van der Waals surface area contributed by atoms with E-state index in [1.54, 1.807) is 29.2 Å². The maximum Gasteiger partial charge on any atom is 0.310 e. The molecule has 0 aliphatic carbocycles. The van der Waals surface area contributed by atoms with Crippen molar-refractivity contribution >= 4 is 33.5 Å². The number of aromatic nitrogens is 2. The molecule has 1 aromatic heterocycles. The largest absolute Gasteiger partial charge is 0.455 e. The lowest BCUT2D eigenvalue weighted by molar-refractivity contribution is -0.146. The average molecular weight is 414 g/mol. The Morgan fingerprint density at radius 1 is 1.08 bits per heavy atom. The molecule has 26 heavy (non-hydrogen) atoms. The molecule has 6 nitrogen and oxygen atoms in total. The first-order chi connectivity index (χ1) is 12.6. The normalized spacial score (nSPS) is 10.3. The number of nitrogens with zero attached hydrogens (tertiary/aromatic N) is 2. The number of carbonyl (C=O) groups is 2. The van der Waals surface area contributed by atoms with Crippen LogP contribution in [0.4, 0.5) is 5.69 Å². The van der Waals surface area contributed by atoms with Crippen LogP contribution in [0.5, 0.6) is 0 Å². The molecule has 7 heteroatoms. The summed E-state index contributed by atoms with van der Waals surface area (Å²) in [4.78, 5) is 23.8. The lowest BCUT2D eigenvalue weighted by Gasteiger charge is -2.07. The van der Waals surface area contributed by atoms with Crippen molar-refractivity contribution in [3.05, 3.63) is 77.0 Å². The van der Waals surface area contributed by atoms with Crippen LogP contribution in [0.25, 0.3) is 5.69 Å². The molecular formula is C19H16BrN3O3. The Kier molecular flexibility index (Phi) is 5.80. The number of hydrogen-bond donors (Lipinski definition) is 1. The molecule has 0 saturated carbocycles. The fraction of sp³-hybridized carbons (Fsp3) is 0.105. The number of halogens is 1. The first kappa shape index (κ1) is 17.9. The lowest BCUT2D eigenvalue weighted by atomic mass is 10.2. The van der Waals surface area contributed by atoms with Crippen LogP contribution < -0.4 is 5.32 Å². The van der Waals surface area contributed by atoms with Gasteiger partial charge in [-0.1, -0.05) is 30.3 Å². The van der Waals surface area contributed by atoms with Crippen LogP contribution >= 0.6 is 15.9 Å². The van der Waals surface area contributed by atoms with Crippen LogP contribution in [-0.2, 0) is 20.7 Å². The number of esters is 1. The summed E-state index contributed by atoms with van der Waals surface area (Å²) in [5.41, 5.74) is 2.24. The second-order valence-electron chi connectivity index (χ2n) is 5.49. The molecule has 0 saturated heterocycles. The first-order valence-electron chi connectivity index (χ1n) is 7.91. The molecule has 132 valence electrons. The van der Waals surface area contributed by atoms with E-state index in [2.05, 4.69) is 26.3 Å². The maximum absolute atomic E-state index is 11.9. The van der Waals surface area contributed by atoms with E-state index in [0.29, 0.717) is 11.3 Å². The summed E-state index contributed by atoms with van der Waals surface area (Å²) in [6.45, 7) is -0.340. The molecule has 0 radical (unpaired) electrons. The quantitative estimate of drug-likeness (QED) is 0.628. The predicted octanol–water partition coefficient (Wildman–Crippen LogP) is 3.36. The highest BCUT2D eigenvalue weighted by atomic mass is 79.9. The second kappa shape index (κ2) is 8.44. The third-order valence-electron chi connectivity index (χ3n) is 3.52. The topological polar surface area (TPSA) is 73.2 Å². The molecule has 1 heterocycles. The number of para-hydroxylation sites is 2. The third-order valence-corrected chi connectivity index (χ3v) is 4.21. The van der Waals surface area contributed by atoms with Crippen molar-refractivity contribution in [2.45, 2.75) is 6.42 Å². The molecule has 0 atom stereocenters. The fourth-order valence-electron chi connectivity index (χ4n) is 2.29. The van der Waals surface area contributed by atoms with Gasteiger partial charge in [0.05, 0.1) is 24.0 Å². The van der Waals surface area contributed by atoms with Gasteiger partial charge in [0.2, 0.25) is 0 Å². The standard InChI is InChI=1S/C19H16BrN3O3/c20-16-8-4-5-9-17(16)22-18(24)13-26-19(25)10-14-11-21-23(12-14)15-6-2-1-3-7-15/h1-9,11-12H,10,13H2,(H,22,24). The Morgan fingerprint density at radius 2 is 1.81 bits per heavy atom. The smallest absolute Gasteiger partial charge is 0.310 e. The highest BCUT2D eigenvalue weighted by molar-refractivity contribution is 9.10. The molecule has 2 aromatic carbocycles. The van der Waals surface area contributed by atoms with Gasteiger partial charge in [0.25, 0.3) is 5.91 Å². The van der Waals surface area contributed by atoms with Crippen molar-refractivity contribution in [3.63, 3.8) is 0 Å². The molecule has 0 aliphatic heterocycles. The third kappa shape index (κ3) is 4.80. The second-order valence-corrected chi connectivity index (χ2v) is 6.35. The van der Waals surface area contributed by atoms with Crippen molar-refractivity contribution in [2.24, 2.45) is 0 Å². The van der Waals surface area contributed by atoms with Crippen molar-refractivity contribution < 1.29 is 14.3 Å². The van der Waals surface area contributed by atoms with Crippen LogP contribution in [0, 0.1) is 0 Å². The summed E-state index contributed by atoms with van der Waals surface area (Å²) in [5.74, 6) is -0.884. The fourth-order valence-corrected chi connectivity index (χ4v) is 2.67. The molecule has 0 fully saturated rings. The summed E-state index contributed by atoms with van der Waals surface area (Å²) in [6, 6.07) is 16.8. The van der Waals surface area contributed by atoms with Gasteiger partial charge in [-0.05, 0) is 40.2 Å². The molecule has 0 spiro atoms. The zero-order chi connectivity index (χ0) is 18.4. The zero-order valence-corrected chi connectivity index (χ0v) is 15.3. The summed E-state index contributed by atoms with van der Waals surface area (Å²) in [6.07, 6.45) is 3.42. The number of hydrogen-bond acceptors (Lipinski definition) is 4. The number of carbonyl (C=O) groups excluding carboxylic acids is 2. The van der Waals surface area contributed by atoms with Crippen molar-refractivity contribution in [2.75, 3.05) is 11.9 Å². The number of anilines is 1. The Hall–Kier alpha value is -2.93. The molecule has 1 N–H and O–H groups in total. The highest BCUT2D eigenvalue weighted by Crippen LogP contribution is 2.20. The number of nitrogens with one attached hydrogen (secondary N) is 1. The number of ether oxygens (including phenoxy) is 1. The zero-order valence-electron chi connectivity index (χ0n) is 13.8. The van der Waals surface area contributed by atoms with Gasteiger partial charge in [-0.25, -0.2) is 4.68 Å². The van der Waals surface area contributed by atoms with Gasteiger partial charge in [-0.2, -0.15) is 5.10 Å². The maximum atomic E-state index is 11.9. The minimum absolute atomic E-state index is 0.0507. The molecule has 3 aromatic rings. The van der Waals surface area contributed by atoms with Gasteiger partial charge in [-0.15, -0.1) is 0 Å². The van der Waals surface area contributed by atoms with E-state index < -0.39 is 11.9 Å². The van der Waals surface area contributed by atoms with Crippen LogP contribution in [0.2, 0.25) is 0 Å². The van der Waals surface area contributed by atoms with Crippen molar-refractivity contribution in [3.8, 4) is 5.69 Å². The summed E-state index contributed by atoms with van der Waals surface area (Å²) in [5, 5.41) is 6.90. The van der Waals surface area contributed by atoms with Crippen LogP contribution in [0.3, 0.4) is 0 Å². The first-order valence-corrected chi connectivity index (χ1v) is 8.70. The Labute approximate surface area is 158 Å². The average Bonchev–Trinajstić information content (AvgIpc) is 3.11. The molecule has 1 amide bonds. The van der Waals surface area contributed by atoms with Gasteiger partial charge >= 0.3 is 5.97 Å². The molecule has 0 unspecified atom stereocenters. The molecule has 0 aliphatic rings. The summed E-state index contributed by atoms with van der Waals surface area (Å²) < 4.78 is 7.47. The van der Waals surface area contributed by atoms with E-state index in [0.717, 1.165) is 10.2 Å². The van der Waals surface area contributed by atoms with Gasteiger partial charge in [0.15, 0.2) is 6.61 Å². The van der Waals surface area contributed by atoms with E-state index in [4.69, 9.17) is 4.74 Å². The monoisotopic (exact) mass is 413 g/mol. The summed E-state index contributed by atoms with van der Waals surface area (Å²) >= 11 is 3.34. The number of benzene rings is 2.